The number of imidazole rings is 1. The fraction of sp³-hybridized carbons (Fsp3) is 0.643. The van der Waals surface area contributed by atoms with Crippen LogP contribution in [0.4, 0.5) is 10.1 Å². The van der Waals surface area contributed by atoms with Gasteiger partial charge in [-0.15, -0.1) is 0 Å². The van der Waals surface area contributed by atoms with Crippen LogP contribution in [0.5, 0.6) is 0 Å². The second-order valence-electron chi connectivity index (χ2n) is 11.4. The van der Waals surface area contributed by atoms with E-state index < -0.39 is 24.7 Å². The molecule has 2 aromatic rings. The van der Waals surface area contributed by atoms with Gasteiger partial charge in [0.15, 0.2) is 0 Å². The molecule has 3 aliphatic rings. The first-order valence-corrected chi connectivity index (χ1v) is 14.0. The van der Waals surface area contributed by atoms with Crippen molar-refractivity contribution in [3.05, 3.63) is 24.0 Å². The first-order chi connectivity index (χ1) is 18.4. The van der Waals surface area contributed by atoms with Gasteiger partial charge in [0.25, 0.3) is 0 Å². The summed E-state index contributed by atoms with van der Waals surface area (Å²) in [7, 11) is 0. The second kappa shape index (κ2) is 11.4. The number of likely N-dealkylation sites (tertiary alicyclic amines) is 1. The van der Waals surface area contributed by atoms with Crippen molar-refractivity contribution in [2.24, 2.45) is 29.4 Å². The van der Waals surface area contributed by atoms with Gasteiger partial charge in [-0.25, -0.2) is 14.2 Å². The molecule has 1 aromatic heterocycles. The number of nitrogens with two attached hydrogens (primary N) is 1. The number of nitrogens with one attached hydrogen (secondary N) is 2. The number of hydrogen-bond donors (Lipinski definition) is 4. The quantitative estimate of drug-likeness (QED) is 0.427. The highest BCUT2D eigenvalue weighted by molar-refractivity contribution is 5.99. The molecule has 0 bridgehead atoms. The third-order valence-electron chi connectivity index (χ3n) is 9.11. The Labute approximate surface area is 221 Å². The maximum absolute atomic E-state index is 13.8. The number of rotatable bonds is 7. The standard InChI is InChI=1S/C28H38FN5O4/c29-15-21(30)17-6-8-18(9-7-17)27(36)34-13-12-20(16-4-2-1-3-5-16)24(34)26(35)31-19-10-11-22-23(14-19)33-25(32-22)28(37)38/h10-11,14,16-18,20-21,24H,1-9,12-13,15,30H2,(H,31,35)(H,32,33)(H,37,38)/t17-,18-,20-,21+,24-/m0/s1. The zero-order chi connectivity index (χ0) is 26.8. The molecule has 2 amide bonds. The second-order valence-corrected chi connectivity index (χ2v) is 11.4. The van der Waals surface area contributed by atoms with E-state index >= 15 is 0 Å². The number of aromatic amines is 1. The molecule has 2 heterocycles. The first-order valence-electron chi connectivity index (χ1n) is 14.0. The number of carboxylic acid groups (broad SMARTS) is 1. The number of nitrogens with zero attached hydrogens (tertiary/aromatic N) is 2. The summed E-state index contributed by atoms with van der Waals surface area (Å²) in [5.74, 6) is -0.995. The van der Waals surface area contributed by atoms with Crippen LogP contribution >= 0.6 is 0 Å². The molecule has 3 fully saturated rings. The number of carboxylic acids is 1. The van der Waals surface area contributed by atoms with Gasteiger partial charge in [0.2, 0.25) is 17.6 Å². The van der Waals surface area contributed by atoms with Crippen LogP contribution in [0.25, 0.3) is 11.0 Å². The first kappa shape index (κ1) is 26.6. The lowest BCUT2D eigenvalue weighted by Crippen LogP contribution is -2.50. The van der Waals surface area contributed by atoms with E-state index in [1.54, 1.807) is 18.2 Å². The summed E-state index contributed by atoms with van der Waals surface area (Å²) >= 11 is 0. The Morgan fingerprint density at radius 2 is 1.84 bits per heavy atom. The van der Waals surface area contributed by atoms with E-state index in [-0.39, 0.29) is 35.4 Å². The van der Waals surface area contributed by atoms with E-state index in [9.17, 15) is 23.9 Å². The van der Waals surface area contributed by atoms with Gasteiger partial charge >= 0.3 is 5.97 Å². The van der Waals surface area contributed by atoms with Gasteiger partial charge in [-0.2, -0.15) is 0 Å². The van der Waals surface area contributed by atoms with Crippen LogP contribution in [0.1, 0.15) is 74.8 Å². The number of amides is 2. The molecule has 0 radical (unpaired) electrons. The molecular weight excluding hydrogens is 489 g/mol. The van der Waals surface area contributed by atoms with Gasteiger partial charge in [-0.1, -0.05) is 32.1 Å². The number of carbonyl (C=O) groups excluding carboxylic acids is 2. The van der Waals surface area contributed by atoms with Gasteiger partial charge in [-0.3, -0.25) is 9.59 Å². The topological polar surface area (TPSA) is 141 Å². The van der Waals surface area contributed by atoms with E-state index in [4.69, 9.17) is 5.73 Å². The predicted molar refractivity (Wildman–Crippen MR) is 141 cm³/mol. The summed E-state index contributed by atoms with van der Waals surface area (Å²) < 4.78 is 13.1. The Bertz CT molecular complexity index is 1170. The molecule has 1 aliphatic heterocycles. The minimum Gasteiger partial charge on any atom is -0.475 e. The van der Waals surface area contributed by atoms with Crippen molar-refractivity contribution in [2.45, 2.75) is 76.3 Å². The van der Waals surface area contributed by atoms with Crippen LogP contribution in [0, 0.1) is 23.7 Å². The van der Waals surface area contributed by atoms with Crippen molar-refractivity contribution in [3.63, 3.8) is 0 Å². The number of carbonyl (C=O) groups is 3. The van der Waals surface area contributed by atoms with Gasteiger partial charge in [0, 0.05) is 24.2 Å². The average Bonchev–Trinajstić information content (AvgIpc) is 3.58. The lowest BCUT2D eigenvalue weighted by molar-refractivity contribution is -0.142. The fourth-order valence-corrected chi connectivity index (χ4v) is 7.01. The lowest BCUT2D eigenvalue weighted by Gasteiger charge is -2.36. The number of alkyl halides is 1. The minimum atomic E-state index is -1.15. The monoisotopic (exact) mass is 527 g/mol. The molecule has 2 saturated carbocycles. The third-order valence-corrected chi connectivity index (χ3v) is 9.11. The van der Waals surface area contributed by atoms with Crippen molar-refractivity contribution in [1.29, 1.82) is 0 Å². The van der Waals surface area contributed by atoms with E-state index in [0.717, 1.165) is 44.9 Å². The Hall–Kier alpha value is -3.01. The molecule has 10 heteroatoms. The average molecular weight is 528 g/mol. The van der Waals surface area contributed by atoms with Crippen molar-refractivity contribution >= 4 is 34.5 Å². The van der Waals surface area contributed by atoms with Crippen molar-refractivity contribution in [2.75, 3.05) is 18.5 Å². The Balaban J connectivity index is 1.34. The SMILES string of the molecule is N[C@H](CF)[C@H]1CC[C@H](C(=O)N2CC[C@@H](C3CCCCC3)[C@H]2C(=O)Nc2ccc3[nH]c(C(=O)O)nc3c2)CC1. The zero-order valence-corrected chi connectivity index (χ0v) is 21.7. The Kier molecular flexibility index (Phi) is 7.97. The molecule has 9 nitrogen and oxygen atoms in total. The summed E-state index contributed by atoms with van der Waals surface area (Å²) in [5.41, 5.74) is 7.46. The molecule has 2 aliphatic carbocycles. The summed E-state index contributed by atoms with van der Waals surface area (Å²) in [4.78, 5) is 47.5. The van der Waals surface area contributed by atoms with Gasteiger partial charge in [-0.05, 0) is 68.1 Å². The van der Waals surface area contributed by atoms with Crippen molar-refractivity contribution in [3.8, 4) is 0 Å². The predicted octanol–water partition coefficient (Wildman–Crippen LogP) is 4.10. The number of halogens is 1. The van der Waals surface area contributed by atoms with Crippen LogP contribution in [0.2, 0.25) is 0 Å². The van der Waals surface area contributed by atoms with Gasteiger partial charge < -0.3 is 26.0 Å². The number of aromatic nitrogens is 2. The molecule has 5 rings (SSSR count). The number of anilines is 1. The molecule has 38 heavy (non-hydrogen) atoms. The van der Waals surface area contributed by atoms with Crippen molar-refractivity contribution in [1.82, 2.24) is 14.9 Å². The maximum atomic E-state index is 13.8. The largest absolute Gasteiger partial charge is 0.475 e. The van der Waals surface area contributed by atoms with Crippen molar-refractivity contribution < 1.29 is 23.9 Å². The summed E-state index contributed by atoms with van der Waals surface area (Å²) in [6.45, 7) is 0.0325. The van der Waals surface area contributed by atoms with Crippen LogP contribution < -0.4 is 11.1 Å². The van der Waals surface area contributed by atoms with E-state index in [2.05, 4.69) is 15.3 Å². The molecule has 206 valence electrons. The van der Waals surface area contributed by atoms with Crippen LogP contribution in [0.15, 0.2) is 18.2 Å². The molecule has 1 aromatic carbocycles. The minimum absolute atomic E-state index is 0.0320. The highest BCUT2D eigenvalue weighted by Crippen LogP contribution is 2.41. The van der Waals surface area contributed by atoms with Crippen LogP contribution in [0.3, 0.4) is 0 Å². The lowest BCUT2D eigenvalue weighted by atomic mass is 9.76. The number of fused-ring (bicyclic) bond motifs is 1. The van der Waals surface area contributed by atoms with Crippen LogP contribution in [-0.4, -0.2) is 63.1 Å². The maximum Gasteiger partial charge on any atom is 0.371 e. The van der Waals surface area contributed by atoms with E-state index in [1.807, 2.05) is 4.90 Å². The zero-order valence-electron chi connectivity index (χ0n) is 21.7. The van der Waals surface area contributed by atoms with E-state index in [1.165, 1.54) is 6.42 Å². The highest BCUT2D eigenvalue weighted by atomic mass is 19.1. The molecule has 0 unspecified atom stereocenters. The summed E-state index contributed by atoms with van der Waals surface area (Å²) in [6.07, 6.45) is 9.34. The number of H-pyrrole nitrogens is 1. The molecular formula is C28H38FN5O4. The smallest absolute Gasteiger partial charge is 0.371 e. The van der Waals surface area contributed by atoms with E-state index in [0.29, 0.717) is 42.0 Å². The summed E-state index contributed by atoms with van der Waals surface area (Å²) in [5, 5.41) is 12.2. The number of hydrogen-bond acceptors (Lipinski definition) is 5. The number of benzene rings is 1. The normalized spacial score (nSPS) is 27.4. The fourth-order valence-electron chi connectivity index (χ4n) is 7.01. The summed E-state index contributed by atoms with van der Waals surface area (Å²) in [6, 6.07) is 4.06. The van der Waals surface area contributed by atoms with Gasteiger partial charge in [0.1, 0.15) is 12.7 Å². The molecule has 5 N–H and O–H groups in total. The molecule has 1 saturated heterocycles. The number of aromatic carboxylic acids is 1. The highest BCUT2D eigenvalue weighted by Gasteiger charge is 2.47. The van der Waals surface area contributed by atoms with Crippen LogP contribution in [-0.2, 0) is 9.59 Å². The Morgan fingerprint density at radius 3 is 2.53 bits per heavy atom. The van der Waals surface area contributed by atoms with Gasteiger partial charge in [0.05, 0.1) is 11.0 Å². The third kappa shape index (κ3) is 5.41. The Morgan fingerprint density at radius 1 is 1.11 bits per heavy atom. The molecule has 0 spiro atoms. The molecule has 3 atom stereocenters.